The minimum absolute atomic E-state index is 0.0328. The van der Waals surface area contributed by atoms with Crippen molar-refractivity contribution in [2.45, 2.75) is 83.8 Å². The molecule has 3 aromatic rings. The molecule has 0 bridgehead atoms. The average Bonchev–Trinajstić information content (AvgIpc) is 3.52. The summed E-state index contributed by atoms with van der Waals surface area (Å²) in [5, 5.41) is 4.48. The smallest absolute Gasteiger partial charge is 0.302 e. The van der Waals surface area contributed by atoms with E-state index in [4.69, 9.17) is 9.47 Å². The Hall–Kier alpha value is -3.03. The molecule has 0 radical (unpaired) electrons. The molecule has 240 valence electrons. The van der Waals surface area contributed by atoms with Crippen molar-refractivity contribution in [2.75, 3.05) is 12.4 Å². The Bertz CT molecular complexity index is 1670. The fourth-order valence-electron chi connectivity index (χ4n) is 5.55. The number of carbonyl (C=O) groups excluding carboxylic acids is 2. The summed E-state index contributed by atoms with van der Waals surface area (Å²) in [4.78, 5) is 23.8. The van der Waals surface area contributed by atoms with Gasteiger partial charge in [-0.1, -0.05) is 38.7 Å². The molecule has 2 aromatic carbocycles. The van der Waals surface area contributed by atoms with E-state index in [0.717, 1.165) is 18.2 Å². The van der Waals surface area contributed by atoms with Crippen LogP contribution in [-0.2, 0) is 36.6 Å². The van der Waals surface area contributed by atoms with Gasteiger partial charge in [0.25, 0.3) is 0 Å². The second-order valence-corrected chi connectivity index (χ2v) is 20.4. The molecule has 2 unspecified atom stereocenters. The zero-order valence-corrected chi connectivity index (χ0v) is 27.5. The lowest BCUT2D eigenvalue weighted by molar-refractivity contribution is -0.146. The summed E-state index contributed by atoms with van der Waals surface area (Å²) in [5.74, 6) is -5.22. The number of esters is 1. The molecule has 1 fully saturated rings. The van der Waals surface area contributed by atoms with Crippen molar-refractivity contribution in [3.05, 3.63) is 53.0 Å². The van der Waals surface area contributed by atoms with Crippen LogP contribution in [0.4, 0.5) is 13.2 Å². The summed E-state index contributed by atoms with van der Waals surface area (Å²) in [6.45, 7) is 9.73. The number of ketones is 1. The third kappa shape index (κ3) is 7.97. The van der Waals surface area contributed by atoms with E-state index >= 15 is 13.2 Å². The van der Waals surface area contributed by atoms with Crippen LogP contribution < -0.4 is 0 Å². The van der Waals surface area contributed by atoms with Gasteiger partial charge in [-0.2, -0.15) is 5.10 Å². The fourth-order valence-corrected chi connectivity index (χ4v) is 8.15. The zero-order chi connectivity index (χ0) is 32.4. The minimum atomic E-state index is -3.85. The summed E-state index contributed by atoms with van der Waals surface area (Å²) in [6.07, 6.45) is 1.24. The lowest BCUT2D eigenvalue weighted by atomic mass is 9.99. The molecular weight excluding hydrogens is 613 g/mol. The summed E-state index contributed by atoms with van der Waals surface area (Å²) in [6, 6.07) is 5.38. The lowest BCUT2D eigenvalue weighted by Crippen LogP contribution is -2.22. The maximum Gasteiger partial charge on any atom is 0.302 e. The van der Waals surface area contributed by atoms with Crippen molar-refractivity contribution in [3.63, 3.8) is 0 Å². The van der Waals surface area contributed by atoms with Gasteiger partial charge in [-0.3, -0.25) is 9.59 Å². The van der Waals surface area contributed by atoms with Crippen LogP contribution in [0.1, 0.15) is 55.6 Å². The molecule has 1 saturated carbocycles. The molecule has 44 heavy (non-hydrogen) atoms. The Kier molecular flexibility index (Phi) is 10.4. The maximum atomic E-state index is 16.2. The average molecular weight is 653 g/mol. The van der Waals surface area contributed by atoms with Crippen LogP contribution in [-0.4, -0.2) is 56.5 Å². The topological polar surface area (TPSA) is 105 Å². The molecule has 0 amide bonds. The van der Waals surface area contributed by atoms with E-state index in [1.54, 1.807) is 6.92 Å². The Morgan fingerprint density at radius 1 is 1.07 bits per heavy atom. The zero-order valence-electron chi connectivity index (χ0n) is 25.7. The minimum Gasteiger partial charge on any atom is -0.463 e. The van der Waals surface area contributed by atoms with Crippen LogP contribution in [0.5, 0.6) is 0 Å². The molecule has 0 aliphatic heterocycles. The number of fused-ring (bicyclic) bond motifs is 1. The number of halogens is 3. The summed E-state index contributed by atoms with van der Waals surface area (Å²) >= 11 is 0. The van der Waals surface area contributed by atoms with E-state index in [1.165, 1.54) is 23.7 Å². The Morgan fingerprint density at radius 3 is 2.45 bits per heavy atom. The normalized spacial score (nSPS) is 17.4. The van der Waals surface area contributed by atoms with Crippen molar-refractivity contribution in [1.82, 2.24) is 9.78 Å². The molecular formula is C31H39F3N2O6SSi. The first-order valence-electron chi connectivity index (χ1n) is 14.7. The number of aromatic nitrogens is 2. The monoisotopic (exact) mass is 652 g/mol. The van der Waals surface area contributed by atoms with Crippen molar-refractivity contribution in [3.8, 4) is 11.1 Å². The standard InChI is InChI=1S/C31H39F3N2O6SSi/c1-6-26(38)30-24-11-10-23(29(34)31(24)36(35-30)18-41-13-14-44(3,4)5)27-25(32)12-8-21(28(27)33)17-43(39,40)16-20-7-9-22(15-20)42-19(2)37/h8,10-12,20,22H,6-7,9,13-18H2,1-5H3. The Morgan fingerprint density at radius 2 is 1.80 bits per heavy atom. The summed E-state index contributed by atoms with van der Waals surface area (Å²) < 4.78 is 85.4. The molecule has 1 aromatic heterocycles. The number of hydrogen-bond acceptors (Lipinski definition) is 7. The highest BCUT2D eigenvalue weighted by molar-refractivity contribution is 7.90. The third-order valence-electron chi connectivity index (χ3n) is 7.78. The van der Waals surface area contributed by atoms with Crippen molar-refractivity contribution in [1.29, 1.82) is 0 Å². The van der Waals surface area contributed by atoms with Crippen LogP contribution in [0.2, 0.25) is 25.7 Å². The number of benzene rings is 2. The molecule has 1 aliphatic carbocycles. The van der Waals surface area contributed by atoms with E-state index in [2.05, 4.69) is 24.7 Å². The second-order valence-electron chi connectivity index (χ2n) is 12.7. The van der Waals surface area contributed by atoms with Crippen LogP contribution in [0.15, 0.2) is 24.3 Å². The van der Waals surface area contributed by atoms with Gasteiger partial charge in [-0.25, -0.2) is 26.3 Å². The third-order valence-corrected chi connectivity index (χ3v) is 11.2. The van der Waals surface area contributed by atoms with Gasteiger partial charge in [0.05, 0.1) is 17.1 Å². The molecule has 1 aliphatic rings. The van der Waals surface area contributed by atoms with Crippen LogP contribution in [0, 0.1) is 23.4 Å². The van der Waals surface area contributed by atoms with E-state index < -0.39 is 58.2 Å². The van der Waals surface area contributed by atoms with Crippen LogP contribution in [0.3, 0.4) is 0 Å². The first-order chi connectivity index (χ1) is 20.6. The van der Waals surface area contributed by atoms with Gasteiger partial charge in [0.2, 0.25) is 0 Å². The van der Waals surface area contributed by atoms with Gasteiger partial charge in [0, 0.05) is 44.5 Å². The first-order valence-corrected chi connectivity index (χ1v) is 20.3. The highest BCUT2D eigenvalue weighted by Crippen LogP contribution is 2.36. The number of ether oxygens (including phenoxy) is 2. The van der Waals surface area contributed by atoms with E-state index in [-0.39, 0.29) is 58.9 Å². The molecule has 2 atom stereocenters. The quantitative estimate of drug-likeness (QED) is 0.0879. The van der Waals surface area contributed by atoms with Crippen LogP contribution in [0.25, 0.3) is 22.0 Å². The van der Waals surface area contributed by atoms with E-state index in [0.29, 0.717) is 25.9 Å². The Labute approximate surface area is 256 Å². The number of carbonyl (C=O) groups is 2. The highest BCUT2D eigenvalue weighted by atomic mass is 32.2. The molecule has 4 rings (SSSR count). The molecule has 1 heterocycles. The largest absolute Gasteiger partial charge is 0.463 e. The van der Waals surface area contributed by atoms with Gasteiger partial charge < -0.3 is 9.47 Å². The van der Waals surface area contributed by atoms with Gasteiger partial charge in [0.15, 0.2) is 21.4 Å². The summed E-state index contributed by atoms with van der Waals surface area (Å²) in [5.41, 5.74) is -1.52. The van der Waals surface area contributed by atoms with Gasteiger partial charge in [-0.05, 0) is 43.4 Å². The second kappa shape index (κ2) is 13.5. The predicted molar refractivity (Wildman–Crippen MR) is 164 cm³/mol. The number of sulfone groups is 1. The van der Waals surface area contributed by atoms with E-state index in [1.807, 2.05) is 0 Å². The van der Waals surface area contributed by atoms with Crippen molar-refractivity contribution < 1.29 is 40.7 Å². The Balaban J connectivity index is 1.66. The molecule has 13 heteroatoms. The SMILES string of the molecule is CCC(=O)c1nn(COCC[Si](C)(C)C)c2c(F)c(-c3c(F)ccc(CS(=O)(=O)CC4CCC(OC(C)=O)C4)c3F)ccc12. The number of nitrogens with zero attached hydrogens (tertiary/aromatic N) is 2. The molecule has 0 saturated heterocycles. The predicted octanol–water partition coefficient (Wildman–Crippen LogP) is 6.67. The highest BCUT2D eigenvalue weighted by Gasteiger charge is 2.32. The maximum absolute atomic E-state index is 16.2. The van der Waals surface area contributed by atoms with Crippen LogP contribution >= 0.6 is 0 Å². The summed E-state index contributed by atoms with van der Waals surface area (Å²) in [7, 11) is -5.26. The fraction of sp³-hybridized carbons (Fsp3) is 0.516. The van der Waals surface area contributed by atoms with Gasteiger partial charge >= 0.3 is 5.97 Å². The van der Waals surface area contributed by atoms with E-state index in [9.17, 15) is 18.0 Å². The molecule has 0 N–H and O–H groups in total. The number of Topliss-reactive ketones (excluding diaryl/α,β-unsaturated/α-hetero) is 1. The first kappa shape index (κ1) is 33.9. The number of rotatable bonds is 13. The van der Waals surface area contributed by atoms with Gasteiger partial charge in [0.1, 0.15) is 35.7 Å². The number of hydrogen-bond donors (Lipinski definition) is 0. The van der Waals surface area contributed by atoms with Crippen molar-refractivity contribution in [2.24, 2.45) is 5.92 Å². The molecule has 8 nitrogen and oxygen atoms in total. The lowest BCUT2D eigenvalue weighted by Gasteiger charge is -2.16. The molecule has 0 spiro atoms. The van der Waals surface area contributed by atoms with Gasteiger partial charge in [-0.15, -0.1) is 0 Å². The van der Waals surface area contributed by atoms with Crippen molar-refractivity contribution >= 4 is 40.6 Å².